The molecule has 1 aromatic heterocycles. The molecule has 0 radical (unpaired) electrons. The Hall–Kier alpha value is -2.96. The van der Waals surface area contributed by atoms with Crippen LogP contribution in [0.4, 0.5) is 10.5 Å². The van der Waals surface area contributed by atoms with Crippen LogP contribution in [0.3, 0.4) is 0 Å². The molecule has 2 N–H and O–H groups in total. The van der Waals surface area contributed by atoms with Gasteiger partial charge in [0, 0.05) is 12.6 Å². The van der Waals surface area contributed by atoms with E-state index in [1.807, 2.05) is 0 Å². The van der Waals surface area contributed by atoms with Gasteiger partial charge < -0.3 is 9.84 Å². The molecule has 1 amide bonds. The molecule has 1 atom stereocenters. The maximum absolute atomic E-state index is 12.5. The molecule has 0 saturated heterocycles. The van der Waals surface area contributed by atoms with Crippen molar-refractivity contribution in [2.75, 3.05) is 5.32 Å². The fourth-order valence-corrected chi connectivity index (χ4v) is 4.06. The monoisotopic (exact) mass is 367 g/mol. The third-order valence-electron chi connectivity index (χ3n) is 5.29. The lowest BCUT2D eigenvalue weighted by Gasteiger charge is -2.18. The van der Waals surface area contributed by atoms with Gasteiger partial charge in [-0.3, -0.25) is 5.32 Å². The molecule has 0 fully saturated rings. The predicted octanol–water partition coefficient (Wildman–Crippen LogP) is 2.70. The first kappa shape index (κ1) is 17.5. The fourth-order valence-electron chi connectivity index (χ4n) is 4.06. The van der Waals surface area contributed by atoms with Gasteiger partial charge in [-0.2, -0.15) is 10.2 Å². The van der Waals surface area contributed by atoms with Crippen molar-refractivity contribution in [1.82, 2.24) is 10.2 Å². The Labute approximate surface area is 156 Å². The minimum Gasteiger partial charge on any atom is -0.478 e. The number of carboxylic acids is 1. The van der Waals surface area contributed by atoms with Crippen molar-refractivity contribution < 1.29 is 19.4 Å². The van der Waals surface area contributed by atoms with Crippen molar-refractivity contribution in [2.45, 2.75) is 51.0 Å². The second-order valence-electron chi connectivity index (χ2n) is 7.05. The Balaban J connectivity index is 1.52. The van der Waals surface area contributed by atoms with Gasteiger partial charge in [-0.15, -0.1) is 0 Å². The Morgan fingerprint density at radius 2 is 1.81 bits per heavy atom. The number of anilines is 1. The highest BCUT2D eigenvalue weighted by Gasteiger charge is 2.27. The zero-order valence-corrected chi connectivity index (χ0v) is 14.9. The van der Waals surface area contributed by atoms with Crippen molar-refractivity contribution in [3.63, 3.8) is 0 Å². The number of hydrogen-bond acceptors (Lipinski definition) is 5. The molecule has 2 aliphatic carbocycles. The summed E-state index contributed by atoms with van der Waals surface area (Å²) in [4.78, 5) is 24.0. The summed E-state index contributed by atoms with van der Waals surface area (Å²) < 4.78 is 5.24. The van der Waals surface area contributed by atoms with Gasteiger partial charge in [-0.25, -0.2) is 9.59 Å². The highest BCUT2D eigenvalue weighted by Crippen LogP contribution is 2.38. The average Bonchev–Trinajstić information content (AvgIpc) is 3.31. The number of carbonyl (C=O) groups excluding carboxylic acids is 1. The number of benzene rings is 1. The van der Waals surface area contributed by atoms with E-state index in [1.54, 1.807) is 6.07 Å². The number of ether oxygens (including phenoxy) is 1. The molecule has 0 bridgehead atoms. The summed E-state index contributed by atoms with van der Waals surface area (Å²) in [6.07, 6.45) is 7.06. The van der Waals surface area contributed by atoms with Crippen LogP contribution >= 0.6 is 0 Å². The second kappa shape index (κ2) is 7.34. The second-order valence-corrected chi connectivity index (χ2v) is 7.05. The molecule has 4 rings (SSSR count). The molecule has 27 heavy (non-hydrogen) atoms. The molecule has 0 aliphatic heterocycles. The number of nitrogens with one attached hydrogen (secondary N) is 1. The summed E-state index contributed by atoms with van der Waals surface area (Å²) in [5.74, 6) is -1.19. The predicted molar refractivity (Wildman–Crippen MR) is 97.8 cm³/mol. The van der Waals surface area contributed by atoms with Gasteiger partial charge in [0.1, 0.15) is 0 Å². The normalized spacial score (nSPS) is 15.7. The SMILES string of the molecule is O=C(Nc1c2c(cc3c1CCC3)CCC2)OC(Cc1ccnnc1)C(=O)O. The van der Waals surface area contributed by atoms with Crippen molar-refractivity contribution in [3.05, 3.63) is 52.3 Å². The third-order valence-corrected chi connectivity index (χ3v) is 5.29. The van der Waals surface area contributed by atoms with Crippen LogP contribution in [0.5, 0.6) is 0 Å². The minimum atomic E-state index is -1.28. The van der Waals surface area contributed by atoms with Crippen molar-refractivity contribution in [3.8, 4) is 0 Å². The van der Waals surface area contributed by atoms with E-state index in [9.17, 15) is 14.7 Å². The van der Waals surface area contributed by atoms with Gasteiger partial charge in [0.25, 0.3) is 0 Å². The number of carboxylic acid groups (broad SMARTS) is 1. The van der Waals surface area contributed by atoms with E-state index in [0.717, 1.165) is 44.2 Å². The number of nitrogens with zero attached hydrogens (tertiary/aromatic N) is 2. The Kier molecular flexibility index (Phi) is 4.75. The van der Waals surface area contributed by atoms with Gasteiger partial charge in [0.05, 0.1) is 11.9 Å². The van der Waals surface area contributed by atoms with Gasteiger partial charge in [-0.1, -0.05) is 6.07 Å². The van der Waals surface area contributed by atoms with E-state index in [1.165, 1.54) is 34.6 Å². The summed E-state index contributed by atoms with van der Waals surface area (Å²) in [6, 6.07) is 3.93. The topological polar surface area (TPSA) is 101 Å². The molecule has 7 heteroatoms. The number of amides is 1. The maximum Gasteiger partial charge on any atom is 0.412 e. The molecule has 140 valence electrons. The zero-order chi connectivity index (χ0) is 18.8. The number of rotatable bonds is 5. The van der Waals surface area contributed by atoms with Crippen LogP contribution in [0, 0.1) is 0 Å². The first-order chi connectivity index (χ1) is 13.1. The van der Waals surface area contributed by atoms with E-state index in [0.29, 0.717) is 5.56 Å². The lowest BCUT2D eigenvalue weighted by molar-refractivity contribution is -0.146. The molecule has 2 aromatic rings. The first-order valence-electron chi connectivity index (χ1n) is 9.24. The van der Waals surface area contributed by atoms with Crippen LogP contribution in [-0.4, -0.2) is 33.5 Å². The Bertz CT molecular complexity index is 850. The molecule has 1 heterocycles. The van der Waals surface area contributed by atoms with Crippen molar-refractivity contribution in [2.24, 2.45) is 0 Å². The highest BCUT2D eigenvalue weighted by atomic mass is 16.6. The average molecular weight is 367 g/mol. The summed E-state index contributed by atoms with van der Waals surface area (Å²) in [5.41, 5.74) is 6.44. The summed E-state index contributed by atoms with van der Waals surface area (Å²) in [6.45, 7) is 0. The molecule has 0 saturated carbocycles. The van der Waals surface area contributed by atoms with Crippen LogP contribution in [0.15, 0.2) is 24.5 Å². The van der Waals surface area contributed by atoms with Crippen molar-refractivity contribution >= 4 is 17.7 Å². The quantitative estimate of drug-likeness (QED) is 0.842. The van der Waals surface area contributed by atoms with Gasteiger partial charge >= 0.3 is 12.1 Å². The summed E-state index contributed by atoms with van der Waals surface area (Å²) in [7, 11) is 0. The standard InChI is InChI=1S/C20H21N3O4/c24-19(25)17(9-12-7-8-21-22-11-12)27-20(26)23-18-15-5-1-3-13(15)10-14-4-2-6-16(14)18/h7-8,10-11,17H,1-6,9H2,(H,23,26)(H,24,25). The van der Waals surface area contributed by atoms with Gasteiger partial charge in [0.15, 0.2) is 0 Å². The van der Waals surface area contributed by atoms with Crippen molar-refractivity contribution in [1.29, 1.82) is 0 Å². The Morgan fingerprint density at radius 1 is 1.11 bits per heavy atom. The van der Waals surface area contributed by atoms with E-state index >= 15 is 0 Å². The van der Waals surface area contributed by atoms with Crippen LogP contribution in [0.25, 0.3) is 0 Å². The summed E-state index contributed by atoms with van der Waals surface area (Å²) >= 11 is 0. The maximum atomic E-state index is 12.5. The van der Waals surface area contributed by atoms with Gasteiger partial charge in [-0.05, 0) is 72.4 Å². The number of aromatic nitrogens is 2. The van der Waals surface area contributed by atoms with Crippen LogP contribution in [0.1, 0.15) is 40.7 Å². The van der Waals surface area contributed by atoms with Crippen LogP contribution < -0.4 is 5.32 Å². The lowest BCUT2D eigenvalue weighted by atomic mass is 9.99. The van der Waals surface area contributed by atoms with Gasteiger partial charge in [0.2, 0.25) is 6.10 Å². The number of hydrogen-bond donors (Lipinski definition) is 2. The number of carbonyl (C=O) groups is 2. The molecule has 1 aromatic carbocycles. The third kappa shape index (κ3) is 3.63. The Morgan fingerprint density at radius 3 is 2.41 bits per heavy atom. The minimum absolute atomic E-state index is 0.0449. The molecular weight excluding hydrogens is 346 g/mol. The zero-order valence-electron chi connectivity index (χ0n) is 14.9. The van der Waals surface area contributed by atoms with E-state index < -0.39 is 18.2 Å². The largest absolute Gasteiger partial charge is 0.478 e. The molecule has 1 unspecified atom stereocenters. The number of aryl methyl sites for hydroxylation is 2. The fraction of sp³-hybridized carbons (Fsp3) is 0.400. The van der Waals surface area contributed by atoms with E-state index in [-0.39, 0.29) is 6.42 Å². The molecule has 2 aliphatic rings. The number of aliphatic carboxylic acids is 1. The lowest BCUT2D eigenvalue weighted by Crippen LogP contribution is -2.31. The van der Waals surface area contributed by atoms with Crippen LogP contribution in [-0.2, 0) is 41.6 Å². The number of fused-ring (bicyclic) bond motifs is 2. The molecular formula is C20H21N3O4. The molecule has 7 nitrogen and oxygen atoms in total. The van der Waals surface area contributed by atoms with E-state index in [2.05, 4.69) is 21.6 Å². The summed E-state index contributed by atoms with van der Waals surface area (Å²) in [5, 5.41) is 19.7. The van der Waals surface area contributed by atoms with E-state index in [4.69, 9.17) is 4.74 Å². The first-order valence-corrected chi connectivity index (χ1v) is 9.24. The smallest absolute Gasteiger partial charge is 0.412 e. The van der Waals surface area contributed by atoms with Crippen LogP contribution in [0.2, 0.25) is 0 Å². The highest BCUT2D eigenvalue weighted by molar-refractivity contribution is 5.90. The molecule has 0 spiro atoms.